The lowest BCUT2D eigenvalue weighted by Crippen LogP contribution is -2.20. The van der Waals surface area contributed by atoms with Gasteiger partial charge >= 0.3 is 6.03 Å². The highest BCUT2D eigenvalue weighted by Crippen LogP contribution is 2.25. The Kier molecular flexibility index (Phi) is 4.29. The van der Waals surface area contributed by atoms with E-state index in [1.807, 2.05) is 26.0 Å². The number of amides is 2. The van der Waals surface area contributed by atoms with Crippen LogP contribution in [0.25, 0.3) is 0 Å². The van der Waals surface area contributed by atoms with Gasteiger partial charge in [0.05, 0.1) is 0 Å². The molecule has 0 aliphatic carbocycles. The van der Waals surface area contributed by atoms with E-state index in [0.29, 0.717) is 11.4 Å². The SMILES string of the molecule is Cc1cc(Br)cc(C)c1NC(=O)Nc1cccc(N)c1. The van der Waals surface area contributed by atoms with E-state index in [1.54, 1.807) is 24.3 Å². The maximum atomic E-state index is 12.0. The maximum Gasteiger partial charge on any atom is 0.323 e. The second-order valence-electron chi connectivity index (χ2n) is 4.62. The van der Waals surface area contributed by atoms with E-state index in [4.69, 9.17) is 5.73 Å². The Hall–Kier alpha value is -2.01. The van der Waals surface area contributed by atoms with Crippen molar-refractivity contribution < 1.29 is 4.79 Å². The van der Waals surface area contributed by atoms with Crippen LogP contribution in [-0.2, 0) is 0 Å². The van der Waals surface area contributed by atoms with Gasteiger partial charge in [-0.05, 0) is 55.3 Å². The minimum absolute atomic E-state index is 0.288. The third-order valence-corrected chi connectivity index (χ3v) is 3.34. The lowest BCUT2D eigenvalue weighted by molar-refractivity contribution is 0.262. The van der Waals surface area contributed by atoms with Crippen molar-refractivity contribution in [2.75, 3.05) is 16.4 Å². The van der Waals surface area contributed by atoms with E-state index in [0.717, 1.165) is 21.3 Å². The molecule has 0 aliphatic heterocycles. The summed E-state index contributed by atoms with van der Waals surface area (Å²) in [4.78, 5) is 12.0. The first-order valence-electron chi connectivity index (χ1n) is 6.16. The monoisotopic (exact) mass is 333 g/mol. The molecular weight excluding hydrogens is 318 g/mol. The van der Waals surface area contributed by atoms with Crippen LogP contribution in [0.2, 0.25) is 0 Å². The van der Waals surface area contributed by atoms with Crippen molar-refractivity contribution in [3.05, 3.63) is 52.0 Å². The molecule has 0 aromatic heterocycles. The summed E-state index contributed by atoms with van der Waals surface area (Å²) in [5.41, 5.74) is 9.76. The summed E-state index contributed by atoms with van der Waals surface area (Å²) in [7, 11) is 0. The molecule has 0 fully saturated rings. The maximum absolute atomic E-state index is 12.0. The fraction of sp³-hybridized carbons (Fsp3) is 0.133. The predicted molar refractivity (Wildman–Crippen MR) is 87.1 cm³/mol. The molecule has 0 aliphatic rings. The molecule has 104 valence electrons. The number of halogens is 1. The highest BCUT2D eigenvalue weighted by molar-refractivity contribution is 9.10. The van der Waals surface area contributed by atoms with Gasteiger partial charge in [0.25, 0.3) is 0 Å². The predicted octanol–water partition coefficient (Wildman–Crippen LogP) is 4.29. The Morgan fingerprint density at radius 3 is 2.35 bits per heavy atom. The number of benzene rings is 2. The number of rotatable bonds is 2. The summed E-state index contributed by atoms with van der Waals surface area (Å²) in [5.74, 6) is 0. The summed E-state index contributed by atoms with van der Waals surface area (Å²) in [6, 6.07) is 10.7. The Morgan fingerprint density at radius 2 is 1.75 bits per heavy atom. The first-order chi connectivity index (χ1) is 9.45. The van der Waals surface area contributed by atoms with Gasteiger partial charge in [0.2, 0.25) is 0 Å². The van der Waals surface area contributed by atoms with Crippen LogP contribution in [0.4, 0.5) is 21.9 Å². The van der Waals surface area contributed by atoms with Crippen LogP contribution in [0.3, 0.4) is 0 Å². The van der Waals surface area contributed by atoms with E-state index >= 15 is 0 Å². The van der Waals surface area contributed by atoms with Crippen LogP contribution in [0, 0.1) is 13.8 Å². The number of anilines is 3. The number of hydrogen-bond donors (Lipinski definition) is 3. The van der Waals surface area contributed by atoms with Crippen molar-refractivity contribution in [1.82, 2.24) is 0 Å². The van der Waals surface area contributed by atoms with Crippen LogP contribution >= 0.6 is 15.9 Å². The topological polar surface area (TPSA) is 67.2 Å². The van der Waals surface area contributed by atoms with Crippen molar-refractivity contribution in [1.29, 1.82) is 0 Å². The van der Waals surface area contributed by atoms with Crippen LogP contribution in [-0.4, -0.2) is 6.03 Å². The zero-order valence-electron chi connectivity index (χ0n) is 11.3. The van der Waals surface area contributed by atoms with Gasteiger partial charge in [0.1, 0.15) is 0 Å². The highest BCUT2D eigenvalue weighted by Gasteiger charge is 2.08. The molecule has 0 saturated heterocycles. The molecule has 0 atom stereocenters. The molecule has 0 saturated carbocycles. The van der Waals surface area contributed by atoms with E-state index in [9.17, 15) is 4.79 Å². The van der Waals surface area contributed by atoms with Crippen LogP contribution < -0.4 is 16.4 Å². The quantitative estimate of drug-likeness (QED) is 0.717. The third kappa shape index (κ3) is 3.51. The molecule has 2 aromatic carbocycles. The molecule has 2 aromatic rings. The van der Waals surface area contributed by atoms with Crippen molar-refractivity contribution in [3.63, 3.8) is 0 Å². The summed E-state index contributed by atoms with van der Waals surface area (Å²) in [6.45, 7) is 3.90. The smallest absolute Gasteiger partial charge is 0.323 e. The first-order valence-corrected chi connectivity index (χ1v) is 6.95. The molecular formula is C15H16BrN3O. The van der Waals surface area contributed by atoms with Crippen LogP contribution in [0.5, 0.6) is 0 Å². The molecule has 2 amide bonds. The van der Waals surface area contributed by atoms with Gasteiger partial charge in [0.15, 0.2) is 0 Å². The Bertz CT molecular complexity index is 632. The minimum atomic E-state index is -0.288. The Balaban J connectivity index is 2.13. The fourth-order valence-corrected chi connectivity index (χ4v) is 2.69. The van der Waals surface area contributed by atoms with Gasteiger partial charge in [-0.3, -0.25) is 0 Å². The summed E-state index contributed by atoms with van der Waals surface area (Å²) < 4.78 is 0.995. The molecule has 2 rings (SSSR count). The molecule has 5 heteroatoms. The van der Waals surface area contributed by atoms with Gasteiger partial charge in [0, 0.05) is 21.5 Å². The number of nitrogens with two attached hydrogens (primary N) is 1. The van der Waals surface area contributed by atoms with Gasteiger partial charge in [-0.2, -0.15) is 0 Å². The number of nitrogen functional groups attached to an aromatic ring is 1. The van der Waals surface area contributed by atoms with Gasteiger partial charge < -0.3 is 16.4 Å². The van der Waals surface area contributed by atoms with Crippen LogP contribution in [0.15, 0.2) is 40.9 Å². The fourth-order valence-electron chi connectivity index (χ4n) is 2.00. The summed E-state index contributed by atoms with van der Waals surface area (Å²) in [5, 5.41) is 5.62. The summed E-state index contributed by atoms with van der Waals surface area (Å²) in [6.07, 6.45) is 0. The number of nitrogens with one attached hydrogen (secondary N) is 2. The number of carbonyl (C=O) groups excluding carboxylic acids is 1. The molecule has 0 bridgehead atoms. The lowest BCUT2D eigenvalue weighted by atomic mass is 10.1. The van der Waals surface area contributed by atoms with Crippen LogP contribution in [0.1, 0.15) is 11.1 Å². The molecule has 20 heavy (non-hydrogen) atoms. The van der Waals surface area contributed by atoms with E-state index < -0.39 is 0 Å². The zero-order chi connectivity index (χ0) is 14.7. The average molecular weight is 334 g/mol. The number of hydrogen-bond acceptors (Lipinski definition) is 2. The normalized spacial score (nSPS) is 10.2. The highest BCUT2D eigenvalue weighted by atomic mass is 79.9. The van der Waals surface area contributed by atoms with Gasteiger partial charge in [-0.15, -0.1) is 0 Å². The van der Waals surface area contributed by atoms with Crippen molar-refractivity contribution in [2.24, 2.45) is 0 Å². The third-order valence-electron chi connectivity index (χ3n) is 2.88. The summed E-state index contributed by atoms with van der Waals surface area (Å²) >= 11 is 3.43. The molecule has 0 spiro atoms. The van der Waals surface area contributed by atoms with E-state index in [2.05, 4.69) is 26.6 Å². The average Bonchev–Trinajstić information content (AvgIpc) is 2.33. The Morgan fingerprint density at radius 1 is 1.10 bits per heavy atom. The zero-order valence-corrected chi connectivity index (χ0v) is 12.9. The Labute approximate surface area is 126 Å². The van der Waals surface area contributed by atoms with E-state index in [-0.39, 0.29) is 6.03 Å². The molecule has 0 heterocycles. The number of urea groups is 1. The van der Waals surface area contributed by atoms with Gasteiger partial charge in [-0.1, -0.05) is 22.0 Å². The van der Waals surface area contributed by atoms with Crippen molar-refractivity contribution in [2.45, 2.75) is 13.8 Å². The lowest BCUT2D eigenvalue weighted by Gasteiger charge is -2.13. The van der Waals surface area contributed by atoms with Crippen molar-refractivity contribution >= 4 is 39.0 Å². The standard InChI is InChI=1S/C15H16BrN3O/c1-9-6-11(16)7-10(2)14(9)19-15(20)18-13-5-3-4-12(17)8-13/h3-8H,17H2,1-2H3,(H2,18,19,20). The largest absolute Gasteiger partial charge is 0.399 e. The number of carbonyl (C=O) groups is 1. The van der Waals surface area contributed by atoms with E-state index in [1.165, 1.54) is 0 Å². The molecule has 4 N–H and O–H groups in total. The minimum Gasteiger partial charge on any atom is -0.399 e. The number of aryl methyl sites for hydroxylation is 2. The molecule has 0 radical (unpaired) electrons. The molecule has 0 unspecified atom stereocenters. The second-order valence-corrected chi connectivity index (χ2v) is 5.53. The second kappa shape index (κ2) is 5.96. The first kappa shape index (κ1) is 14.4. The van der Waals surface area contributed by atoms with Gasteiger partial charge in [-0.25, -0.2) is 4.79 Å². The molecule has 4 nitrogen and oxygen atoms in total. The van der Waals surface area contributed by atoms with Crippen molar-refractivity contribution in [3.8, 4) is 0 Å².